The summed E-state index contributed by atoms with van der Waals surface area (Å²) in [6.45, 7) is 6.07. The molecule has 0 N–H and O–H groups in total. The van der Waals surface area contributed by atoms with Crippen molar-refractivity contribution >= 4 is 6.29 Å². The van der Waals surface area contributed by atoms with Gasteiger partial charge in [0.2, 0.25) is 0 Å². The molecule has 1 heteroatoms. The Morgan fingerprint density at radius 2 is 1.53 bits per heavy atom. The lowest BCUT2D eigenvalue weighted by atomic mass is 10.0. The Balaban J connectivity index is 0.000000686. The van der Waals surface area contributed by atoms with Gasteiger partial charge in [0.05, 0.1) is 0 Å². The van der Waals surface area contributed by atoms with Gasteiger partial charge in [0.1, 0.15) is 6.29 Å². The highest BCUT2D eigenvalue weighted by Gasteiger charge is 1.97. The van der Waals surface area contributed by atoms with Crippen molar-refractivity contribution in [2.24, 2.45) is 0 Å². The van der Waals surface area contributed by atoms with Crippen molar-refractivity contribution < 1.29 is 4.79 Å². The molecule has 0 saturated carbocycles. The van der Waals surface area contributed by atoms with Crippen molar-refractivity contribution in [1.82, 2.24) is 0 Å². The van der Waals surface area contributed by atoms with Crippen LogP contribution in [0.4, 0.5) is 0 Å². The molecule has 0 aliphatic rings. The SMILES string of the molecule is CC.Cc1cccc(-c2ccc(C=O)cc2)c1. The van der Waals surface area contributed by atoms with Crippen molar-refractivity contribution in [2.75, 3.05) is 0 Å². The minimum atomic E-state index is 0.714. The molecule has 0 amide bonds. The first-order valence-electron chi connectivity index (χ1n) is 5.92. The number of aldehydes is 1. The fourth-order valence-corrected chi connectivity index (χ4v) is 1.58. The lowest BCUT2D eigenvalue weighted by Crippen LogP contribution is -1.81. The quantitative estimate of drug-likeness (QED) is 0.689. The summed E-state index contributed by atoms with van der Waals surface area (Å²) >= 11 is 0. The highest BCUT2D eigenvalue weighted by Crippen LogP contribution is 2.20. The zero-order valence-electron chi connectivity index (χ0n) is 10.6. The van der Waals surface area contributed by atoms with E-state index in [0.29, 0.717) is 5.56 Å². The average Bonchev–Trinajstić information content (AvgIpc) is 2.41. The molecule has 0 radical (unpaired) electrons. The van der Waals surface area contributed by atoms with Crippen LogP contribution in [-0.4, -0.2) is 6.29 Å². The van der Waals surface area contributed by atoms with Gasteiger partial charge in [-0.3, -0.25) is 4.79 Å². The van der Waals surface area contributed by atoms with Gasteiger partial charge in [0.15, 0.2) is 0 Å². The second-order valence-corrected chi connectivity index (χ2v) is 3.61. The first-order chi connectivity index (χ1) is 8.29. The van der Waals surface area contributed by atoms with E-state index in [1.807, 2.05) is 44.2 Å². The van der Waals surface area contributed by atoms with Crippen molar-refractivity contribution in [3.05, 3.63) is 59.7 Å². The first kappa shape index (κ1) is 13.2. The van der Waals surface area contributed by atoms with Gasteiger partial charge in [0.25, 0.3) is 0 Å². The molecule has 2 aromatic carbocycles. The molecule has 0 bridgehead atoms. The van der Waals surface area contributed by atoms with Crippen molar-refractivity contribution in [3.63, 3.8) is 0 Å². The second kappa shape index (κ2) is 6.64. The van der Waals surface area contributed by atoms with Crippen molar-refractivity contribution in [1.29, 1.82) is 0 Å². The van der Waals surface area contributed by atoms with Gasteiger partial charge in [-0.15, -0.1) is 0 Å². The molecule has 0 aliphatic heterocycles. The Kier molecular flexibility index (Phi) is 5.15. The Labute approximate surface area is 103 Å². The standard InChI is InChI=1S/C14H12O.C2H6/c1-11-3-2-4-14(9-11)13-7-5-12(10-15)6-8-13;1-2/h2-10H,1H3;1-2H3. The normalized spacial score (nSPS) is 9.12. The molecule has 17 heavy (non-hydrogen) atoms. The van der Waals surface area contributed by atoms with Gasteiger partial charge in [-0.05, 0) is 18.1 Å². The molecule has 0 unspecified atom stereocenters. The van der Waals surface area contributed by atoms with E-state index in [9.17, 15) is 4.79 Å². The van der Waals surface area contributed by atoms with Crippen molar-refractivity contribution in [3.8, 4) is 11.1 Å². The molecule has 88 valence electrons. The molecule has 2 aromatic rings. The van der Waals surface area contributed by atoms with E-state index >= 15 is 0 Å². The van der Waals surface area contributed by atoms with Crippen LogP contribution in [0.1, 0.15) is 29.8 Å². The first-order valence-corrected chi connectivity index (χ1v) is 5.92. The Bertz CT molecular complexity index is 469. The minimum absolute atomic E-state index is 0.714. The predicted octanol–water partition coefficient (Wildman–Crippen LogP) is 4.50. The van der Waals surface area contributed by atoms with Crippen molar-refractivity contribution in [2.45, 2.75) is 20.8 Å². The predicted molar refractivity (Wildman–Crippen MR) is 73.4 cm³/mol. The molecule has 2 rings (SSSR count). The number of carbonyl (C=O) groups is 1. The van der Waals surface area contributed by atoms with Gasteiger partial charge < -0.3 is 0 Å². The second-order valence-electron chi connectivity index (χ2n) is 3.61. The molecule has 0 atom stereocenters. The third-order valence-corrected chi connectivity index (χ3v) is 2.40. The van der Waals surface area contributed by atoms with Crippen LogP contribution in [0.15, 0.2) is 48.5 Å². The summed E-state index contributed by atoms with van der Waals surface area (Å²) < 4.78 is 0. The van der Waals surface area contributed by atoms with Gasteiger partial charge in [-0.25, -0.2) is 0 Å². The number of aryl methyl sites for hydroxylation is 1. The van der Waals surface area contributed by atoms with E-state index in [1.54, 1.807) is 0 Å². The van der Waals surface area contributed by atoms with Crippen LogP contribution < -0.4 is 0 Å². The van der Waals surface area contributed by atoms with E-state index in [2.05, 4.69) is 25.1 Å². The number of rotatable bonds is 2. The minimum Gasteiger partial charge on any atom is -0.298 e. The zero-order valence-corrected chi connectivity index (χ0v) is 10.6. The average molecular weight is 226 g/mol. The fraction of sp³-hybridized carbons (Fsp3) is 0.188. The van der Waals surface area contributed by atoms with Crippen LogP contribution in [0.3, 0.4) is 0 Å². The molecule has 1 nitrogen and oxygen atoms in total. The van der Waals surface area contributed by atoms with E-state index < -0.39 is 0 Å². The topological polar surface area (TPSA) is 17.1 Å². The summed E-state index contributed by atoms with van der Waals surface area (Å²) in [5, 5.41) is 0. The lowest BCUT2D eigenvalue weighted by Gasteiger charge is -2.02. The molecule has 0 spiro atoms. The largest absolute Gasteiger partial charge is 0.298 e. The molecule has 0 fully saturated rings. The maximum Gasteiger partial charge on any atom is 0.150 e. The molecular formula is C16H18O. The zero-order chi connectivity index (χ0) is 12.7. The highest BCUT2D eigenvalue weighted by molar-refractivity contribution is 5.76. The number of carbonyl (C=O) groups excluding carboxylic acids is 1. The lowest BCUT2D eigenvalue weighted by molar-refractivity contribution is 0.112. The Morgan fingerprint density at radius 1 is 0.882 bits per heavy atom. The van der Waals surface area contributed by atoms with Crippen LogP contribution in [0.2, 0.25) is 0 Å². The summed E-state index contributed by atoms with van der Waals surface area (Å²) in [6.07, 6.45) is 0.861. The number of hydrogen-bond acceptors (Lipinski definition) is 1. The number of hydrogen-bond donors (Lipinski definition) is 0. The Morgan fingerprint density at radius 3 is 2.06 bits per heavy atom. The summed E-state index contributed by atoms with van der Waals surface area (Å²) in [4.78, 5) is 10.5. The van der Waals surface area contributed by atoms with E-state index in [4.69, 9.17) is 0 Å². The van der Waals surface area contributed by atoms with E-state index in [-0.39, 0.29) is 0 Å². The maximum atomic E-state index is 10.5. The van der Waals surface area contributed by atoms with Gasteiger partial charge in [-0.1, -0.05) is 67.9 Å². The third kappa shape index (κ3) is 3.56. The van der Waals surface area contributed by atoms with Gasteiger partial charge in [0, 0.05) is 5.56 Å². The summed E-state index contributed by atoms with van der Waals surface area (Å²) in [5.74, 6) is 0. The molecular weight excluding hydrogens is 208 g/mol. The molecule has 0 aromatic heterocycles. The van der Waals surface area contributed by atoms with Gasteiger partial charge >= 0.3 is 0 Å². The van der Waals surface area contributed by atoms with Crippen LogP contribution in [-0.2, 0) is 0 Å². The third-order valence-electron chi connectivity index (χ3n) is 2.40. The van der Waals surface area contributed by atoms with Crippen LogP contribution >= 0.6 is 0 Å². The van der Waals surface area contributed by atoms with Crippen LogP contribution in [0.25, 0.3) is 11.1 Å². The Hall–Kier alpha value is -1.89. The van der Waals surface area contributed by atoms with Crippen LogP contribution in [0.5, 0.6) is 0 Å². The summed E-state index contributed by atoms with van der Waals surface area (Å²) in [5.41, 5.74) is 4.29. The molecule has 0 aliphatic carbocycles. The fourth-order valence-electron chi connectivity index (χ4n) is 1.58. The monoisotopic (exact) mass is 226 g/mol. The summed E-state index contributed by atoms with van der Waals surface area (Å²) in [6, 6.07) is 15.9. The van der Waals surface area contributed by atoms with E-state index in [1.165, 1.54) is 11.1 Å². The molecule has 0 heterocycles. The smallest absolute Gasteiger partial charge is 0.150 e. The highest BCUT2D eigenvalue weighted by atomic mass is 16.1. The maximum absolute atomic E-state index is 10.5. The van der Waals surface area contributed by atoms with Gasteiger partial charge in [-0.2, -0.15) is 0 Å². The van der Waals surface area contributed by atoms with Crippen LogP contribution in [0, 0.1) is 6.92 Å². The number of benzene rings is 2. The van der Waals surface area contributed by atoms with E-state index in [0.717, 1.165) is 11.8 Å². The summed E-state index contributed by atoms with van der Waals surface area (Å²) in [7, 11) is 0. The molecule has 0 saturated heterocycles.